The van der Waals surface area contributed by atoms with Gasteiger partial charge in [0, 0.05) is 27.3 Å². The van der Waals surface area contributed by atoms with Crippen LogP contribution in [0.1, 0.15) is 23.6 Å². The molecule has 1 saturated heterocycles. The van der Waals surface area contributed by atoms with Crippen molar-refractivity contribution in [3.05, 3.63) is 20.8 Å². The van der Waals surface area contributed by atoms with Gasteiger partial charge in [-0.1, -0.05) is 0 Å². The maximum Gasteiger partial charge on any atom is 0.0542 e. The van der Waals surface area contributed by atoms with Crippen LogP contribution in [0.2, 0.25) is 0 Å². The fourth-order valence-electron chi connectivity index (χ4n) is 1.51. The van der Waals surface area contributed by atoms with Crippen molar-refractivity contribution < 1.29 is 4.74 Å². The molecule has 66 valence electrons. The van der Waals surface area contributed by atoms with Gasteiger partial charge < -0.3 is 4.74 Å². The number of halogens is 1. The van der Waals surface area contributed by atoms with Crippen LogP contribution in [0.5, 0.6) is 0 Å². The van der Waals surface area contributed by atoms with E-state index in [1.807, 2.05) is 11.3 Å². The first-order chi connectivity index (χ1) is 5.86. The van der Waals surface area contributed by atoms with E-state index < -0.39 is 0 Å². The standard InChI is InChI=1S/C9H11BrOS/c10-8-4-9(12-6-8)7-2-1-3-11-5-7/h4,6-7H,1-3,5H2. The molecule has 1 aromatic rings. The van der Waals surface area contributed by atoms with Crippen LogP contribution < -0.4 is 0 Å². The highest BCUT2D eigenvalue weighted by molar-refractivity contribution is 9.10. The van der Waals surface area contributed by atoms with E-state index in [1.54, 1.807) is 0 Å². The van der Waals surface area contributed by atoms with Crippen molar-refractivity contribution in [2.75, 3.05) is 13.2 Å². The fourth-order valence-corrected chi connectivity index (χ4v) is 3.08. The van der Waals surface area contributed by atoms with Crippen LogP contribution in [0.15, 0.2) is 15.9 Å². The maximum absolute atomic E-state index is 5.44. The van der Waals surface area contributed by atoms with E-state index >= 15 is 0 Å². The van der Waals surface area contributed by atoms with Crippen LogP contribution in [-0.2, 0) is 4.74 Å². The van der Waals surface area contributed by atoms with Crippen molar-refractivity contribution >= 4 is 27.3 Å². The van der Waals surface area contributed by atoms with E-state index in [0.717, 1.165) is 13.2 Å². The Morgan fingerprint density at radius 3 is 3.08 bits per heavy atom. The molecule has 0 amide bonds. The van der Waals surface area contributed by atoms with Crippen molar-refractivity contribution in [1.82, 2.24) is 0 Å². The van der Waals surface area contributed by atoms with Crippen LogP contribution in [0.3, 0.4) is 0 Å². The molecule has 0 aromatic carbocycles. The van der Waals surface area contributed by atoms with Gasteiger partial charge in [0.05, 0.1) is 6.61 Å². The van der Waals surface area contributed by atoms with Crippen LogP contribution in [0.25, 0.3) is 0 Å². The molecule has 1 aliphatic heterocycles. The number of hydrogen-bond donors (Lipinski definition) is 0. The lowest BCUT2D eigenvalue weighted by atomic mass is 10.0. The smallest absolute Gasteiger partial charge is 0.0542 e. The molecule has 2 heterocycles. The molecule has 1 aliphatic rings. The molecule has 0 bridgehead atoms. The zero-order valence-corrected chi connectivity index (χ0v) is 9.16. The molecule has 0 spiro atoms. The van der Waals surface area contributed by atoms with E-state index in [4.69, 9.17) is 4.74 Å². The average molecular weight is 247 g/mol. The van der Waals surface area contributed by atoms with Crippen LogP contribution in [-0.4, -0.2) is 13.2 Å². The molecule has 3 heteroatoms. The molecule has 1 atom stereocenters. The Morgan fingerprint density at radius 2 is 2.50 bits per heavy atom. The number of rotatable bonds is 1. The van der Waals surface area contributed by atoms with E-state index in [9.17, 15) is 0 Å². The summed E-state index contributed by atoms with van der Waals surface area (Å²) < 4.78 is 6.64. The second-order valence-corrected chi connectivity index (χ2v) is 4.94. The summed E-state index contributed by atoms with van der Waals surface area (Å²) in [6.45, 7) is 1.86. The van der Waals surface area contributed by atoms with Crippen molar-refractivity contribution in [2.24, 2.45) is 0 Å². The van der Waals surface area contributed by atoms with Gasteiger partial charge in [-0.2, -0.15) is 0 Å². The largest absolute Gasteiger partial charge is 0.381 e. The van der Waals surface area contributed by atoms with Gasteiger partial charge >= 0.3 is 0 Å². The lowest BCUT2D eigenvalue weighted by molar-refractivity contribution is 0.0813. The van der Waals surface area contributed by atoms with Crippen molar-refractivity contribution in [1.29, 1.82) is 0 Å². The van der Waals surface area contributed by atoms with E-state index in [0.29, 0.717) is 5.92 Å². The highest BCUT2D eigenvalue weighted by atomic mass is 79.9. The van der Waals surface area contributed by atoms with Gasteiger partial charge in [-0.25, -0.2) is 0 Å². The minimum absolute atomic E-state index is 0.648. The third kappa shape index (κ3) is 1.90. The van der Waals surface area contributed by atoms with Gasteiger partial charge in [0.2, 0.25) is 0 Å². The van der Waals surface area contributed by atoms with Gasteiger partial charge in [-0.15, -0.1) is 11.3 Å². The topological polar surface area (TPSA) is 9.23 Å². The first kappa shape index (κ1) is 8.73. The molecule has 1 unspecified atom stereocenters. The third-order valence-electron chi connectivity index (χ3n) is 2.15. The zero-order chi connectivity index (χ0) is 8.39. The minimum atomic E-state index is 0.648. The first-order valence-electron chi connectivity index (χ1n) is 4.18. The summed E-state index contributed by atoms with van der Waals surface area (Å²) in [5.41, 5.74) is 0. The van der Waals surface area contributed by atoms with Crippen LogP contribution >= 0.6 is 27.3 Å². The van der Waals surface area contributed by atoms with Crippen LogP contribution in [0.4, 0.5) is 0 Å². The summed E-state index contributed by atoms with van der Waals surface area (Å²) in [6, 6.07) is 2.21. The monoisotopic (exact) mass is 246 g/mol. The van der Waals surface area contributed by atoms with Gasteiger partial charge in [-0.05, 0) is 34.8 Å². The normalized spacial score (nSPS) is 24.2. The molecule has 2 rings (SSSR count). The summed E-state index contributed by atoms with van der Waals surface area (Å²) in [5, 5.41) is 2.14. The second-order valence-electron chi connectivity index (χ2n) is 3.08. The predicted octanol–water partition coefficient (Wildman–Crippen LogP) is 3.40. The Morgan fingerprint density at radius 1 is 1.58 bits per heavy atom. The predicted molar refractivity (Wildman–Crippen MR) is 54.8 cm³/mol. The van der Waals surface area contributed by atoms with E-state index in [-0.39, 0.29) is 0 Å². The Bertz CT molecular complexity index is 253. The van der Waals surface area contributed by atoms with Gasteiger partial charge in [0.15, 0.2) is 0 Å². The van der Waals surface area contributed by atoms with Gasteiger partial charge in [-0.3, -0.25) is 0 Å². The van der Waals surface area contributed by atoms with Crippen LogP contribution in [0, 0.1) is 0 Å². The molecular formula is C9H11BrOS. The summed E-state index contributed by atoms with van der Waals surface area (Å²) in [6.07, 6.45) is 2.49. The quantitative estimate of drug-likeness (QED) is 0.739. The summed E-state index contributed by atoms with van der Waals surface area (Å²) in [5.74, 6) is 0.648. The molecule has 1 aromatic heterocycles. The molecule has 0 N–H and O–H groups in total. The Balaban J connectivity index is 2.08. The van der Waals surface area contributed by atoms with E-state index in [1.165, 1.54) is 22.2 Å². The SMILES string of the molecule is Brc1csc(C2CCCOC2)c1. The van der Waals surface area contributed by atoms with Gasteiger partial charge in [0.25, 0.3) is 0 Å². The Labute approximate surface area is 84.9 Å². The Hall–Kier alpha value is 0.140. The van der Waals surface area contributed by atoms with Crippen molar-refractivity contribution in [2.45, 2.75) is 18.8 Å². The third-order valence-corrected chi connectivity index (χ3v) is 4.01. The van der Waals surface area contributed by atoms with Crippen molar-refractivity contribution in [3.63, 3.8) is 0 Å². The van der Waals surface area contributed by atoms with Gasteiger partial charge in [0.1, 0.15) is 0 Å². The second kappa shape index (κ2) is 3.90. The summed E-state index contributed by atoms with van der Waals surface area (Å²) in [7, 11) is 0. The lowest BCUT2D eigenvalue weighted by Crippen LogP contribution is -2.14. The molecule has 12 heavy (non-hydrogen) atoms. The molecular weight excluding hydrogens is 236 g/mol. The Kier molecular flexibility index (Phi) is 2.84. The highest BCUT2D eigenvalue weighted by Crippen LogP contribution is 2.31. The number of ether oxygens (including phenoxy) is 1. The fraction of sp³-hybridized carbons (Fsp3) is 0.556. The maximum atomic E-state index is 5.44. The highest BCUT2D eigenvalue weighted by Gasteiger charge is 2.17. The minimum Gasteiger partial charge on any atom is -0.381 e. The summed E-state index contributed by atoms with van der Waals surface area (Å²) >= 11 is 5.30. The average Bonchev–Trinajstić information content (AvgIpc) is 2.54. The molecule has 1 nitrogen and oxygen atoms in total. The van der Waals surface area contributed by atoms with E-state index in [2.05, 4.69) is 27.4 Å². The number of thiophene rings is 1. The first-order valence-corrected chi connectivity index (χ1v) is 5.85. The number of hydrogen-bond acceptors (Lipinski definition) is 2. The molecule has 0 saturated carbocycles. The molecule has 0 aliphatic carbocycles. The molecule has 1 fully saturated rings. The zero-order valence-electron chi connectivity index (χ0n) is 6.75. The molecule has 0 radical (unpaired) electrons. The lowest BCUT2D eigenvalue weighted by Gasteiger charge is -2.20. The van der Waals surface area contributed by atoms with Crippen molar-refractivity contribution in [3.8, 4) is 0 Å². The summed E-state index contributed by atoms with van der Waals surface area (Å²) in [4.78, 5) is 1.46.